The molecule has 1 N–H and O–H groups in total. The van der Waals surface area contributed by atoms with Gasteiger partial charge in [0.05, 0.1) is 16.7 Å². The predicted octanol–water partition coefficient (Wildman–Crippen LogP) is 4.08. The molecule has 212 valence electrons. The molecule has 1 amide bonds. The molecule has 2 aromatic carbocycles. The number of likely N-dealkylation sites (N-methyl/N-ethyl adjacent to an activating group) is 1. The zero-order chi connectivity index (χ0) is 28.6. The lowest BCUT2D eigenvalue weighted by Gasteiger charge is -2.47. The summed E-state index contributed by atoms with van der Waals surface area (Å²) < 4.78 is 31.8. The van der Waals surface area contributed by atoms with E-state index in [1.165, 1.54) is 12.1 Å². The Hall–Kier alpha value is -3.83. The molecule has 3 fully saturated rings. The van der Waals surface area contributed by atoms with Gasteiger partial charge in [-0.2, -0.15) is 10.1 Å². The fourth-order valence-electron chi connectivity index (χ4n) is 6.38. The van der Waals surface area contributed by atoms with E-state index < -0.39 is 11.6 Å². The third kappa shape index (κ3) is 4.05. The number of hydrogen-bond acceptors (Lipinski definition) is 7. The van der Waals surface area contributed by atoms with E-state index in [-0.39, 0.29) is 33.0 Å². The van der Waals surface area contributed by atoms with Crippen LogP contribution in [0.15, 0.2) is 37.1 Å². The summed E-state index contributed by atoms with van der Waals surface area (Å²) in [6, 6.07) is 4.85. The van der Waals surface area contributed by atoms with Crippen molar-refractivity contribution in [3.8, 4) is 11.1 Å². The number of benzene rings is 2. The molecule has 3 aliphatic rings. The number of amides is 1. The van der Waals surface area contributed by atoms with E-state index in [2.05, 4.69) is 31.6 Å². The van der Waals surface area contributed by atoms with Crippen LogP contribution in [-0.4, -0.2) is 95.3 Å². The Kier molecular flexibility index (Phi) is 5.95. The Morgan fingerprint density at radius 3 is 2.68 bits per heavy atom. The number of rotatable bonds is 5. The van der Waals surface area contributed by atoms with Crippen molar-refractivity contribution in [3.05, 3.63) is 53.7 Å². The summed E-state index contributed by atoms with van der Waals surface area (Å²) in [5.41, 5.74) is 0.356. The third-order valence-electron chi connectivity index (χ3n) is 8.82. The number of nitrogens with zero attached hydrogens (tertiary/aromatic N) is 7. The van der Waals surface area contributed by atoms with Crippen molar-refractivity contribution in [2.24, 2.45) is 5.41 Å². The molecule has 0 bridgehead atoms. The molecule has 12 heteroatoms. The zero-order valence-electron chi connectivity index (χ0n) is 22.8. The van der Waals surface area contributed by atoms with Gasteiger partial charge in [0.1, 0.15) is 17.2 Å². The molecule has 9 nitrogen and oxygen atoms in total. The van der Waals surface area contributed by atoms with E-state index in [0.29, 0.717) is 73.4 Å². The van der Waals surface area contributed by atoms with Gasteiger partial charge in [0.2, 0.25) is 11.9 Å². The first kappa shape index (κ1) is 26.1. The zero-order valence-corrected chi connectivity index (χ0v) is 23.5. The Labute approximate surface area is 240 Å². The topological polar surface area (TPSA) is 84.5 Å². The summed E-state index contributed by atoms with van der Waals surface area (Å²) in [4.78, 5) is 29.8. The summed E-state index contributed by atoms with van der Waals surface area (Å²) in [5, 5.41) is 7.97. The van der Waals surface area contributed by atoms with Crippen LogP contribution in [0.5, 0.6) is 0 Å². The Morgan fingerprint density at radius 2 is 1.95 bits per heavy atom. The number of fused-ring (bicyclic) bond motifs is 2. The fourth-order valence-corrected chi connectivity index (χ4v) is 6.67. The number of anilines is 2. The summed E-state index contributed by atoms with van der Waals surface area (Å²) >= 11 is 6.74. The van der Waals surface area contributed by atoms with Crippen LogP contribution in [0, 0.1) is 17.0 Å². The highest BCUT2D eigenvalue weighted by Crippen LogP contribution is 2.45. The van der Waals surface area contributed by atoms with Crippen LogP contribution in [0.4, 0.5) is 20.5 Å². The average Bonchev–Trinajstić information content (AvgIpc) is 3.55. The lowest BCUT2D eigenvalue weighted by molar-refractivity contribution is -0.136. The van der Waals surface area contributed by atoms with Crippen LogP contribution in [0.2, 0.25) is 5.02 Å². The first-order chi connectivity index (χ1) is 19.7. The van der Waals surface area contributed by atoms with E-state index in [1.807, 2.05) is 19.0 Å². The van der Waals surface area contributed by atoms with Crippen molar-refractivity contribution in [2.45, 2.75) is 12.5 Å². The first-order valence-electron chi connectivity index (χ1n) is 13.6. The van der Waals surface area contributed by atoms with E-state index in [0.717, 1.165) is 6.42 Å². The second-order valence-corrected chi connectivity index (χ2v) is 12.0. The Balaban J connectivity index is 1.35. The van der Waals surface area contributed by atoms with Crippen LogP contribution in [0.1, 0.15) is 6.42 Å². The van der Waals surface area contributed by atoms with Crippen LogP contribution < -0.4 is 9.80 Å². The second kappa shape index (κ2) is 9.35. The van der Waals surface area contributed by atoms with E-state index >= 15 is 8.78 Å². The number of aromatic amines is 1. The number of carbonyl (C=O) groups is 1. The lowest BCUT2D eigenvalue weighted by Crippen LogP contribution is -2.59. The van der Waals surface area contributed by atoms with Gasteiger partial charge in [0, 0.05) is 72.6 Å². The van der Waals surface area contributed by atoms with Crippen LogP contribution in [0.3, 0.4) is 0 Å². The van der Waals surface area contributed by atoms with E-state index in [9.17, 15) is 4.79 Å². The number of H-pyrrole nitrogens is 1. The predicted molar refractivity (Wildman–Crippen MR) is 155 cm³/mol. The summed E-state index contributed by atoms with van der Waals surface area (Å²) in [7, 11) is 4.05. The minimum atomic E-state index is -0.705. The second-order valence-electron chi connectivity index (χ2n) is 11.6. The number of nitrogens with one attached hydrogen (secondary N) is 1. The number of likely N-dealkylation sites (tertiary alicyclic amines) is 1. The number of aromatic nitrogens is 4. The van der Waals surface area contributed by atoms with Gasteiger partial charge in [-0.15, -0.1) is 0 Å². The van der Waals surface area contributed by atoms with Gasteiger partial charge in [0.15, 0.2) is 5.82 Å². The van der Waals surface area contributed by atoms with Gasteiger partial charge in [-0.3, -0.25) is 9.89 Å². The monoisotopic (exact) mass is 578 g/mol. The highest BCUT2D eigenvalue weighted by Gasteiger charge is 2.49. The number of halogens is 3. The number of hydrogen-bond donors (Lipinski definition) is 1. The smallest absolute Gasteiger partial charge is 0.245 e. The highest BCUT2D eigenvalue weighted by atomic mass is 35.5. The molecule has 3 saturated heterocycles. The standard InChI is InChI=1S/C29H29ClF2N8O/c1-4-21(41)40-14-29(15-40)7-8-38(13-29)27-18-9-19(30)22(23-20(31)6-5-16-10-33-36-25(16)23)24(32)26(18)34-28(35-27)39-11-17(12-39)37(2)3/h4-6,9-10,17H,1,7-8,11-15H2,2-3H3,(H,33,36). The Morgan fingerprint density at radius 1 is 1.17 bits per heavy atom. The largest absolute Gasteiger partial charge is 0.355 e. The molecule has 5 heterocycles. The maximum absolute atomic E-state index is 16.6. The van der Waals surface area contributed by atoms with Crippen LogP contribution >= 0.6 is 11.6 Å². The summed E-state index contributed by atoms with van der Waals surface area (Å²) in [6.07, 6.45) is 3.78. The third-order valence-corrected chi connectivity index (χ3v) is 9.12. The summed E-state index contributed by atoms with van der Waals surface area (Å²) in [6.45, 7) is 7.68. The van der Waals surface area contributed by atoms with Gasteiger partial charge in [-0.1, -0.05) is 18.2 Å². The van der Waals surface area contributed by atoms with E-state index in [1.54, 1.807) is 23.2 Å². The molecule has 0 radical (unpaired) electrons. The van der Waals surface area contributed by atoms with Crippen molar-refractivity contribution >= 4 is 51.1 Å². The maximum Gasteiger partial charge on any atom is 0.245 e. The van der Waals surface area contributed by atoms with Crippen LogP contribution in [0.25, 0.3) is 32.9 Å². The molecule has 0 saturated carbocycles. The van der Waals surface area contributed by atoms with Crippen LogP contribution in [-0.2, 0) is 4.79 Å². The maximum atomic E-state index is 16.6. The molecular formula is C29H29ClF2N8O. The van der Waals surface area contributed by atoms with Crippen molar-refractivity contribution in [3.63, 3.8) is 0 Å². The van der Waals surface area contributed by atoms with Crippen molar-refractivity contribution in [1.82, 2.24) is 30.0 Å². The minimum Gasteiger partial charge on any atom is -0.355 e. The molecule has 0 unspecified atom stereocenters. The SMILES string of the molecule is C=CC(=O)N1CC2(CCN(c3nc(N4CC(N(C)C)C4)nc4c(F)c(-c5c(F)ccc6cn[nH]c56)c(Cl)cc34)C2)C1. The first-order valence-corrected chi connectivity index (χ1v) is 14.0. The van der Waals surface area contributed by atoms with Gasteiger partial charge in [-0.25, -0.2) is 13.8 Å². The molecule has 7 rings (SSSR count). The molecule has 2 aromatic heterocycles. The Bertz CT molecular complexity index is 1730. The normalized spacial score (nSPS) is 18.5. The van der Waals surface area contributed by atoms with Gasteiger partial charge in [0.25, 0.3) is 0 Å². The van der Waals surface area contributed by atoms with Crippen molar-refractivity contribution in [1.29, 1.82) is 0 Å². The number of carbonyl (C=O) groups excluding carboxylic acids is 1. The lowest BCUT2D eigenvalue weighted by atomic mass is 9.79. The van der Waals surface area contributed by atoms with E-state index in [4.69, 9.17) is 16.6 Å². The fraction of sp³-hybridized carbons (Fsp3) is 0.379. The average molecular weight is 579 g/mol. The quantitative estimate of drug-likeness (QED) is 0.357. The molecule has 0 aliphatic carbocycles. The summed E-state index contributed by atoms with van der Waals surface area (Å²) in [5.74, 6) is -0.369. The minimum absolute atomic E-state index is 0.0179. The highest BCUT2D eigenvalue weighted by molar-refractivity contribution is 6.35. The van der Waals surface area contributed by atoms with Crippen molar-refractivity contribution < 1.29 is 13.6 Å². The van der Waals surface area contributed by atoms with Gasteiger partial charge < -0.3 is 19.6 Å². The molecule has 1 spiro atoms. The molecule has 4 aromatic rings. The van der Waals surface area contributed by atoms with Gasteiger partial charge >= 0.3 is 0 Å². The molecular weight excluding hydrogens is 550 g/mol. The van der Waals surface area contributed by atoms with Gasteiger partial charge in [-0.05, 0) is 44.8 Å². The molecule has 41 heavy (non-hydrogen) atoms. The van der Waals surface area contributed by atoms with Crippen molar-refractivity contribution in [2.75, 3.05) is 63.2 Å². The molecule has 3 aliphatic heterocycles. The molecule has 0 atom stereocenters.